The SMILES string of the molecule is C=CC(C)(C)C(=O)[S]. The van der Waals surface area contributed by atoms with Crippen LogP contribution in [-0.4, -0.2) is 5.12 Å². The van der Waals surface area contributed by atoms with Gasteiger partial charge < -0.3 is 0 Å². The molecule has 0 aromatic heterocycles. The summed E-state index contributed by atoms with van der Waals surface area (Å²) >= 11 is 4.40. The van der Waals surface area contributed by atoms with Gasteiger partial charge in [0.2, 0.25) is 5.12 Å². The van der Waals surface area contributed by atoms with Crippen LogP contribution < -0.4 is 0 Å². The van der Waals surface area contributed by atoms with Gasteiger partial charge in [-0.2, -0.15) is 0 Å². The molecule has 0 rings (SSSR count). The molecule has 0 fully saturated rings. The van der Waals surface area contributed by atoms with E-state index in [4.69, 9.17) is 0 Å². The van der Waals surface area contributed by atoms with Gasteiger partial charge in [0.1, 0.15) is 0 Å². The van der Waals surface area contributed by atoms with Crippen LogP contribution in [0.5, 0.6) is 0 Å². The number of carbonyl (C=O) groups is 1. The molecule has 45 valence electrons. The second-order valence-electron chi connectivity index (χ2n) is 2.21. The van der Waals surface area contributed by atoms with E-state index in [1.165, 1.54) is 0 Å². The molecule has 0 heterocycles. The van der Waals surface area contributed by atoms with Crippen molar-refractivity contribution in [3.05, 3.63) is 12.7 Å². The van der Waals surface area contributed by atoms with Crippen molar-refractivity contribution in [2.24, 2.45) is 5.41 Å². The maximum absolute atomic E-state index is 10.4. The Morgan fingerprint density at radius 2 is 2.12 bits per heavy atom. The van der Waals surface area contributed by atoms with Crippen molar-refractivity contribution < 1.29 is 4.79 Å². The Balaban J connectivity index is 4.12. The van der Waals surface area contributed by atoms with Crippen LogP contribution in [0, 0.1) is 5.41 Å². The maximum atomic E-state index is 10.4. The van der Waals surface area contributed by atoms with Gasteiger partial charge in [0.05, 0.1) is 5.41 Å². The molecular formula is C6H9OS. The zero-order chi connectivity index (χ0) is 6.78. The smallest absolute Gasteiger partial charge is 0.228 e. The summed E-state index contributed by atoms with van der Waals surface area (Å²) in [7, 11) is 0. The molecule has 0 atom stereocenters. The largest absolute Gasteiger partial charge is 0.281 e. The molecule has 0 amide bonds. The topological polar surface area (TPSA) is 17.1 Å². The van der Waals surface area contributed by atoms with Gasteiger partial charge in [-0.25, -0.2) is 0 Å². The fourth-order valence-corrected chi connectivity index (χ4v) is 0.167. The fourth-order valence-electron chi connectivity index (χ4n) is 0.0833. The molecule has 0 saturated heterocycles. The Morgan fingerprint density at radius 3 is 2.12 bits per heavy atom. The van der Waals surface area contributed by atoms with Gasteiger partial charge in [-0.05, 0) is 26.5 Å². The number of hydrogen-bond acceptors (Lipinski definition) is 1. The van der Waals surface area contributed by atoms with Crippen LogP contribution in [0.15, 0.2) is 12.7 Å². The van der Waals surface area contributed by atoms with E-state index >= 15 is 0 Å². The average Bonchev–Trinajstić information content (AvgIpc) is 1.67. The van der Waals surface area contributed by atoms with E-state index < -0.39 is 5.41 Å². The molecule has 0 aliphatic rings. The predicted octanol–water partition coefficient (Wildman–Crippen LogP) is 1.92. The highest BCUT2D eigenvalue weighted by Crippen LogP contribution is 2.18. The van der Waals surface area contributed by atoms with Gasteiger partial charge in [-0.3, -0.25) is 4.79 Å². The number of hydrogen-bond donors (Lipinski definition) is 0. The summed E-state index contributed by atoms with van der Waals surface area (Å²) in [5.41, 5.74) is -0.519. The van der Waals surface area contributed by atoms with Gasteiger partial charge >= 0.3 is 0 Å². The van der Waals surface area contributed by atoms with Crippen molar-refractivity contribution in [1.82, 2.24) is 0 Å². The third kappa shape index (κ3) is 1.62. The molecule has 0 bridgehead atoms. The molecule has 0 aromatic rings. The fraction of sp³-hybridized carbons (Fsp3) is 0.500. The molecule has 0 aliphatic heterocycles. The summed E-state index contributed by atoms with van der Waals surface area (Å²) in [6, 6.07) is 0. The second-order valence-corrected chi connectivity index (χ2v) is 2.58. The summed E-state index contributed by atoms with van der Waals surface area (Å²) in [6.45, 7) is 6.96. The summed E-state index contributed by atoms with van der Waals surface area (Å²) < 4.78 is 0. The van der Waals surface area contributed by atoms with Gasteiger partial charge in [0.25, 0.3) is 0 Å². The first-order chi connectivity index (χ1) is 3.50. The Morgan fingerprint density at radius 1 is 1.75 bits per heavy atom. The number of allylic oxidation sites excluding steroid dienone is 1. The molecule has 8 heavy (non-hydrogen) atoms. The summed E-state index contributed by atoms with van der Waals surface area (Å²) in [5, 5.41) is -0.257. The monoisotopic (exact) mass is 129 g/mol. The molecule has 1 nitrogen and oxygen atoms in total. The lowest BCUT2D eigenvalue weighted by atomic mass is 9.96. The minimum atomic E-state index is -0.519. The van der Waals surface area contributed by atoms with Crippen LogP contribution in [-0.2, 0) is 4.79 Å². The Kier molecular flexibility index (Phi) is 2.16. The average molecular weight is 129 g/mol. The van der Waals surface area contributed by atoms with Crippen LogP contribution in [0.4, 0.5) is 0 Å². The van der Waals surface area contributed by atoms with Crippen LogP contribution in [0.25, 0.3) is 0 Å². The molecule has 1 radical (unpaired) electrons. The zero-order valence-corrected chi connectivity index (χ0v) is 5.92. The first-order valence-corrected chi connectivity index (χ1v) is 2.76. The summed E-state index contributed by atoms with van der Waals surface area (Å²) in [6.07, 6.45) is 1.56. The Labute approximate surface area is 55.2 Å². The highest BCUT2D eigenvalue weighted by molar-refractivity contribution is 7.96. The highest BCUT2D eigenvalue weighted by atomic mass is 32.1. The van der Waals surface area contributed by atoms with Crippen LogP contribution in [0.3, 0.4) is 0 Å². The molecule has 0 N–H and O–H groups in total. The van der Waals surface area contributed by atoms with Gasteiger partial charge in [0, 0.05) is 0 Å². The van der Waals surface area contributed by atoms with E-state index in [1.54, 1.807) is 19.9 Å². The van der Waals surface area contributed by atoms with Gasteiger partial charge in [0.15, 0.2) is 0 Å². The quantitative estimate of drug-likeness (QED) is 0.520. The molecule has 0 aliphatic carbocycles. The normalized spacial score (nSPS) is 10.8. The van der Waals surface area contributed by atoms with Crippen LogP contribution in [0.1, 0.15) is 13.8 Å². The maximum Gasteiger partial charge on any atom is 0.228 e. The van der Waals surface area contributed by atoms with E-state index in [1.807, 2.05) is 0 Å². The zero-order valence-electron chi connectivity index (χ0n) is 5.10. The summed E-state index contributed by atoms with van der Waals surface area (Å²) in [5.74, 6) is 0. The molecule has 2 heteroatoms. The van der Waals surface area contributed by atoms with Gasteiger partial charge in [-0.1, -0.05) is 6.08 Å². The Hall–Kier alpha value is -0.370. The molecule has 0 saturated carbocycles. The first-order valence-electron chi connectivity index (χ1n) is 2.36. The van der Waals surface area contributed by atoms with Crippen LogP contribution in [0.2, 0.25) is 0 Å². The van der Waals surface area contributed by atoms with Crippen molar-refractivity contribution in [3.63, 3.8) is 0 Å². The van der Waals surface area contributed by atoms with Crippen LogP contribution >= 0.6 is 12.6 Å². The van der Waals surface area contributed by atoms with Crippen molar-refractivity contribution in [2.75, 3.05) is 0 Å². The van der Waals surface area contributed by atoms with Crippen molar-refractivity contribution >= 4 is 17.7 Å². The number of carbonyl (C=O) groups excluding carboxylic acids is 1. The van der Waals surface area contributed by atoms with Crippen molar-refractivity contribution in [2.45, 2.75) is 13.8 Å². The van der Waals surface area contributed by atoms with E-state index in [0.717, 1.165) is 0 Å². The lowest BCUT2D eigenvalue weighted by molar-refractivity contribution is -0.116. The lowest BCUT2D eigenvalue weighted by Gasteiger charge is -2.11. The van der Waals surface area contributed by atoms with E-state index in [-0.39, 0.29) is 5.12 Å². The molecular weight excluding hydrogens is 120 g/mol. The predicted molar refractivity (Wildman–Crippen MR) is 36.6 cm³/mol. The van der Waals surface area contributed by atoms with E-state index in [2.05, 4.69) is 19.2 Å². The molecule has 0 unspecified atom stereocenters. The lowest BCUT2D eigenvalue weighted by Crippen LogP contribution is -2.15. The second kappa shape index (κ2) is 2.27. The third-order valence-corrected chi connectivity index (χ3v) is 1.56. The van der Waals surface area contributed by atoms with E-state index in [9.17, 15) is 4.79 Å². The minimum Gasteiger partial charge on any atom is -0.281 e. The molecule has 0 spiro atoms. The summed E-state index contributed by atoms with van der Waals surface area (Å²) in [4.78, 5) is 10.4. The van der Waals surface area contributed by atoms with Crippen molar-refractivity contribution in [1.29, 1.82) is 0 Å². The Bertz CT molecular complexity index is 116. The third-order valence-electron chi connectivity index (χ3n) is 1.04. The van der Waals surface area contributed by atoms with Crippen molar-refractivity contribution in [3.8, 4) is 0 Å². The van der Waals surface area contributed by atoms with Gasteiger partial charge in [-0.15, -0.1) is 6.58 Å². The first kappa shape index (κ1) is 7.63. The minimum absolute atomic E-state index is 0.257. The van der Waals surface area contributed by atoms with E-state index in [0.29, 0.717) is 0 Å². The number of rotatable bonds is 2. The highest BCUT2D eigenvalue weighted by Gasteiger charge is 2.20. The molecule has 0 aromatic carbocycles. The standard InChI is InChI=1S/C6H9OS/c1-4-6(2,3)5(7)8/h4H,1H2,2-3H3.